The number of hydrogen-bond donors (Lipinski definition) is 1. The molecule has 0 aliphatic heterocycles. The Hall–Kier alpha value is -2.29. The van der Waals surface area contributed by atoms with Gasteiger partial charge in [0.1, 0.15) is 5.75 Å². The number of aryl methyl sites for hydroxylation is 1. The number of rotatable bonds is 5. The van der Waals surface area contributed by atoms with E-state index in [1.54, 1.807) is 6.92 Å². The molecule has 3 heteroatoms. The average molecular weight is 269 g/mol. The molecule has 0 saturated carbocycles. The first-order valence-corrected chi connectivity index (χ1v) is 6.70. The molecule has 0 aliphatic rings. The van der Waals surface area contributed by atoms with Crippen LogP contribution in [0.15, 0.2) is 54.6 Å². The molecule has 104 valence electrons. The SMILES string of the molecule is Cc1cccc(O[C@H](C)C(=O)NCc2ccccc2)c1. The summed E-state index contributed by atoms with van der Waals surface area (Å²) in [4.78, 5) is 12.0. The topological polar surface area (TPSA) is 38.3 Å². The van der Waals surface area contributed by atoms with E-state index in [4.69, 9.17) is 4.74 Å². The van der Waals surface area contributed by atoms with E-state index in [0.29, 0.717) is 12.3 Å². The van der Waals surface area contributed by atoms with E-state index in [9.17, 15) is 4.79 Å². The van der Waals surface area contributed by atoms with Crippen molar-refractivity contribution in [2.75, 3.05) is 0 Å². The average Bonchev–Trinajstić information content (AvgIpc) is 2.46. The van der Waals surface area contributed by atoms with E-state index < -0.39 is 6.10 Å². The summed E-state index contributed by atoms with van der Waals surface area (Å²) >= 11 is 0. The Morgan fingerprint density at radius 2 is 1.90 bits per heavy atom. The largest absolute Gasteiger partial charge is 0.481 e. The highest BCUT2D eigenvalue weighted by Crippen LogP contribution is 2.14. The highest BCUT2D eigenvalue weighted by atomic mass is 16.5. The van der Waals surface area contributed by atoms with Crippen molar-refractivity contribution in [1.82, 2.24) is 5.32 Å². The minimum absolute atomic E-state index is 0.115. The van der Waals surface area contributed by atoms with Gasteiger partial charge in [-0.2, -0.15) is 0 Å². The summed E-state index contributed by atoms with van der Waals surface area (Å²) in [6.45, 7) is 4.26. The molecular weight excluding hydrogens is 250 g/mol. The van der Waals surface area contributed by atoms with Gasteiger partial charge in [0, 0.05) is 6.54 Å². The van der Waals surface area contributed by atoms with E-state index in [0.717, 1.165) is 11.1 Å². The van der Waals surface area contributed by atoms with Gasteiger partial charge in [-0.05, 0) is 37.1 Å². The number of carbonyl (C=O) groups is 1. The van der Waals surface area contributed by atoms with Gasteiger partial charge in [-0.15, -0.1) is 0 Å². The Balaban J connectivity index is 1.86. The monoisotopic (exact) mass is 269 g/mol. The molecule has 0 fully saturated rings. The van der Waals surface area contributed by atoms with Gasteiger partial charge in [-0.3, -0.25) is 4.79 Å². The van der Waals surface area contributed by atoms with Crippen molar-refractivity contribution < 1.29 is 9.53 Å². The second-order valence-corrected chi connectivity index (χ2v) is 4.78. The summed E-state index contributed by atoms with van der Waals surface area (Å²) in [7, 11) is 0. The molecule has 0 radical (unpaired) electrons. The minimum Gasteiger partial charge on any atom is -0.481 e. The molecule has 20 heavy (non-hydrogen) atoms. The Labute approximate surface area is 119 Å². The molecule has 1 N–H and O–H groups in total. The predicted molar refractivity (Wildman–Crippen MR) is 79.6 cm³/mol. The fourth-order valence-corrected chi connectivity index (χ4v) is 1.88. The van der Waals surface area contributed by atoms with Crippen molar-refractivity contribution in [3.8, 4) is 5.75 Å². The van der Waals surface area contributed by atoms with Crippen molar-refractivity contribution in [3.63, 3.8) is 0 Å². The van der Waals surface area contributed by atoms with E-state index in [2.05, 4.69) is 5.32 Å². The lowest BCUT2D eigenvalue weighted by atomic mass is 10.2. The molecule has 3 nitrogen and oxygen atoms in total. The Bertz CT molecular complexity index is 566. The van der Waals surface area contributed by atoms with Gasteiger partial charge in [-0.25, -0.2) is 0 Å². The van der Waals surface area contributed by atoms with Crippen LogP contribution in [0.2, 0.25) is 0 Å². The van der Waals surface area contributed by atoms with Crippen LogP contribution in [0.5, 0.6) is 5.75 Å². The number of nitrogens with one attached hydrogen (secondary N) is 1. The van der Waals surface area contributed by atoms with Crippen molar-refractivity contribution >= 4 is 5.91 Å². The van der Waals surface area contributed by atoms with Crippen LogP contribution in [-0.2, 0) is 11.3 Å². The highest BCUT2D eigenvalue weighted by Gasteiger charge is 2.14. The number of ether oxygens (including phenoxy) is 1. The maximum absolute atomic E-state index is 12.0. The first-order valence-electron chi connectivity index (χ1n) is 6.70. The zero-order chi connectivity index (χ0) is 14.4. The van der Waals surface area contributed by atoms with Gasteiger partial charge in [0.05, 0.1) is 0 Å². The summed E-state index contributed by atoms with van der Waals surface area (Å²) in [5, 5.41) is 2.87. The van der Waals surface area contributed by atoms with Gasteiger partial charge >= 0.3 is 0 Å². The molecule has 0 aliphatic carbocycles. The van der Waals surface area contributed by atoms with Gasteiger partial charge < -0.3 is 10.1 Å². The number of hydrogen-bond acceptors (Lipinski definition) is 2. The third-order valence-electron chi connectivity index (χ3n) is 2.98. The Kier molecular flexibility index (Phi) is 4.77. The minimum atomic E-state index is -0.513. The van der Waals surface area contributed by atoms with Crippen LogP contribution in [0.3, 0.4) is 0 Å². The van der Waals surface area contributed by atoms with Crippen LogP contribution in [-0.4, -0.2) is 12.0 Å². The van der Waals surface area contributed by atoms with Crippen molar-refractivity contribution in [2.24, 2.45) is 0 Å². The molecule has 1 amide bonds. The molecule has 0 bridgehead atoms. The molecule has 2 rings (SSSR count). The van der Waals surface area contributed by atoms with Crippen LogP contribution in [0, 0.1) is 6.92 Å². The Morgan fingerprint density at radius 1 is 1.15 bits per heavy atom. The molecule has 2 aromatic rings. The molecule has 0 spiro atoms. The fraction of sp³-hybridized carbons (Fsp3) is 0.235. The molecule has 0 heterocycles. The summed E-state index contributed by atoms with van der Waals surface area (Å²) in [6, 6.07) is 17.5. The molecule has 2 aromatic carbocycles. The summed E-state index contributed by atoms with van der Waals surface area (Å²) < 4.78 is 5.63. The predicted octanol–water partition coefficient (Wildman–Crippen LogP) is 3.08. The third kappa shape index (κ3) is 4.12. The van der Waals surface area contributed by atoms with E-state index in [1.165, 1.54) is 0 Å². The van der Waals surface area contributed by atoms with Crippen molar-refractivity contribution in [2.45, 2.75) is 26.5 Å². The van der Waals surface area contributed by atoms with E-state index in [-0.39, 0.29) is 5.91 Å². The molecule has 0 unspecified atom stereocenters. The van der Waals surface area contributed by atoms with Gasteiger partial charge in [0.15, 0.2) is 6.10 Å². The van der Waals surface area contributed by atoms with Crippen molar-refractivity contribution in [1.29, 1.82) is 0 Å². The smallest absolute Gasteiger partial charge is 0.261 e. The van der Waals surface area contributed by atoms with Crippen LogP contribution >= 0.6 is 0 Å². The first kappa shape index (κ1) is 14.1. The lowest BCUT2D eigenvalue weighted by Crippen LogP contribution is -2.35. The number of carbonyl (C=O) groups excluding carboxylic acids is 1. The zero-order valence-corrected chi connectivity index (χ0v) is 11.8. The maximum Gasteiger partial charge on any atom is 0.261 e. The van der Waals surface area contributed by atoms with Gasteiger partial charge in [0.2, 0.25) is 0 Å². The van der Waals surface area contributed by atoms with Crippen LogP contribution in [0.4, 0.5) is 0 Å². The molecule has 0 saturated heterocycles. The lowest BCUT2D eigenvalue weighted by Gasteiger charge is -2.15. The fourth-order valence-electron chi connectivity index (χ4n) is 1.88. The second kappa shape index (κ2) is 6.75. The highest BCUT2D eigenvalue weighted by molar-refractivity contribution is 5.80. The summed E-state index contributed by atoms with van der Waals surface area (Å²) in [5.41, 5.74) is 2.18. The van der Waals surface area contributed by atoms with Gasteiger partial charge in [0.25, 0.3) is 5.91 Å². The second-order valence-electron chi connectivity index (χ2n) is 4.78. The quantitative estimate of drug-likeness (QED) is 0.906. The summed E-state index contributed by atoms with van der Waals surface area (Å²) in [6.07, 6.45) is -0.513. The Morgan fingerprint density at radius 3 is 2.60 bits per heavy atom. The van der Waals surface area contributed by atoms with Crippen LogP contribution in [0.25, 0.3) is 0 Å². The lowest BCUT2D eigenvalue weighted by molar-refractivity contribution is -0.127. The van der Waals surface area contributed by atoms with E-state index >= 15 is 0 Å². The number of amides is 1. The van der Waals surface area contributed by atoms with Crippen LogP contribution < -0.4 is 10.1 Å². The normalized spacial score (nSPS) is 11.7. The molecular formula is C17H19NO2. The van der Waals surface area contributed by atoms with Crippen molar-refractivity contribution in [3.05, 3.63) is 65.7 Å². The first-order chi connectivity index (χ1) is 9.65. The third-order valence-corrected chi connectivity index (χ3v) is 2.98. The zero-order valence-electron chi connectivity index (χ0n) is 11.8. The van der Waals surface area contributed by atoms with Crippen LogP contribution in [0.1, 0.15) is 18.1 Å². The standard InChI is InChI=1S/C17H19NO2/c1-13-7-6-10-16(11-13)20-14(2)17(19)18-12-15-8-4-3-5-9-15/h3-11,14H,12H2,1-2H3,(H,18,19)/t14-/m1/s1. The van der Waals surface area contributed by atoms with E-state index in [1.807, 2.05) is 61.5 Å². The molecule has 0 aromatic heterocycles. The summed E-state index contributed by atoms with van der Waals surface area (Å²) in [5.74, 6) is 0.600. The van der Waals surface area contributed by atoms with Gasteiger partial charge in [-0.1, -0.05) is 42.5 Å². The maximum atomic E-state index is 12.0. The number of benzene rings is 2. The molecule has 1 atom stereocenters.